The Morgan fingerprint density at radius 1 is 1.16 bits per heavy atom. The van der Waals surface area contributed by atoms with Crippen molar-refractivity contribution in [1.82, 2.24) is 10.6 Å². The summed E-state index contributed by atoms with van der Waals surface area (Å²) in [6, 6.07) is 7.92. The van der Waals surface area contributed by atoms with E-state index in [1.807, 2.05) is 24.3 Å². The third kappa shape index (κ3) is 6.25. The van der Waals surface area contributed by atoms with Crippen molar-refractivity contribution in [3.8, 4) is 0 Å². The van der Waals surface area contributed by atoms with Crippen molar-refractivity contribution >= 4 is 11.6 Å². The van der Waals surface area contributed by atoms with Crippen LogP contribution in [0.3, 0.4) is 0 Å². The van der Waals surface area contributed by atoms with Crippen molar-refractivity contribution in [1.29, 1.82) is 0 Å². The van der Waals surface area contributed by atoms with Gasteiger partial charge in [-0.05, 0) is 32.4 Å². The lowest BCUT2D eigenvalue weighted by Crippen LogP contribution is -2.38. The minimum atomic E-state index is 0.0297. The normalized spacial score (nSPS) is 11.2. The van der Waals surface area contributed by atoms with Gasteiger partial charge in [-0.1, -0.05) is 18.2 Å². The van der Waals surface area contributed by atoms with Gasteiger partial charge in [-0.3, -0.25) is 4.79 Å². The number of likely N-dealkylation sites (N-methyl/N-ethyl adjacent to an activating group) is 1. The quantitative estimate of drug-likeness (QED) is 0.686. The van der Waals surface area contributed by atoms with Gasteiger partial charge in [0.2, 0.25) is 5.91 Å². The first kappa shape index (κ1) is 15.5. The third-order valence-corrected chi connectivity index (χ3v) is 2.74. The van der Waals surface area contributed by atoms with Crippen LogP contribution in [-0.4, -0.2) is 31.6 Å². The van der Waals surface area contributed by atoms with Crippen molar-refractivity contribution in [2.24, 2.45) is 0 Å². The van der Waals surface area contributed by atoms with Crippen molar-refractivity contribution in [3.63, 3.8) is 0 Å². The fourth-order valence-electron chi connectivity index (χ4n) is 1.74. The molecule has 3 N–H and O–H groups in total. The molecule has 0 atom stereocenters. The number of benzene rings is 1. The molecule has 106 valence electrons. The van der Waals surface area contributed by atoms with Crippen molar-refractivity contribution in [2.45, 2.75) is 32.7 Å². The number of carbonyl (C=O) groups excluding carboxylic acids is 1. The SMILES string of the molecule is CNC(=O)Cc1ccccc1NCCNC(C)(C)C. The van der Waals surface area contributed by atoms with Gasteiger partial charge in [-0.2, -0.15) is 0 Å². The Bertz CT molecular complexity index is 410. The first-order valence-electron chi connectivity index (χ1n) is 6.70. The number of rotatable bonds is 6. The summed E-state index contributed by atoms with van der Waals surface area (Å²) in [5.74, 6) is 0.0297. The van der Waals surface area contributed by atoms with Gasteiger partial charge in [0.05, 0.1) is 6.42 Å². The smallest absolute Gasteiger partial charge is 0.224 e. The highest BCUT2D eigenvalue weighted by molar-refractivity contribution is 5.80. The van der Waals surface area contributed by atoms with E-state index in [9.17, 15) is 4.79 Å². The van der Waals surface area contributed by atoms with Gasteiger partial charge >= 0.3 is 0 Å². The fourth-order valence-corrected chi connectivity index (χ4v) is 1.74. The van der Waals surface area contributed by atoms with Crippen LogP contribution in [0.2, 0.25) is 0 Å². The van der Waals surface area contributed by atoms with Crippen LogP contribution in [0.1, 0.15) is 26.3 Å². The Labute approximate surface area is 116 Å². The predicted molar refractivity (Wildman–Crippen MR) is 80.5 cm³/mol. The summed E-state index contributed by atoms with van der Waals surface area (Å²) in [6.45, 7) is 8.16. The molecule has 4 nitrogen and oxygen atoms in total. The monoisotopic (exact) mass is 263 g/mol. The molecular formula is C15H25N3O. The standard InChI is InChI=1S/C15H25N3O/c1-15(2,3)18-10-9-17-13-8-6-5-7-12(13)11-14(19)16-4/h5-8,17-18H,9-11H2,1-4H3,(H,16,19). The summed E-state index contributed by atoms with van der Waals surface area (Å²) in [5.41, 5.74) is 2.18. The van der Waals surface area contributed by atoms with Gasteiger partial charge in [-0.15, -0.1) is 0 Å². The zero-order valence-corrected chi connectivity index (χ0v) is 12.3. The molecule has 4 heteroatoms. The van der Waals surface area contributed by atoms with Crippen LogP contribution in [0.4, 0.5) is 5.69 Å². The molecule has 0 spiro atoms. The number of para-hydroxylation sites is 1. The Morgan fingerprint density at radius 2 is 1.84 bits per heavy atom. The number of nitrogens with one attached hydrogen (secondary N) is 3. The van der Waals surface area contributed by atoms with Crippen LogP contribution >= 0.6 is 0 Å². The van der Waals surface area contributed by atoms with Crippen LogP contribution in [-0.2, 0) is 11.2 Å². The highest BCUT2D eigenvalue weighted by Gasteiger charge is 2.08. The summed E-state index contributed by atoms with van der Waals surface area (Å²) in [5, 5.41) is 9.44. The van der Waals surface area contributed by atoms with Gasteiger partial charge in [0.15, 0.2) is 0 Å². The van der Waals surface area contributed by atoms with Crippen molar-refractivity contribution in [2.75, 3.05) is 25.5 Å². The highest BCUT2D eigenvalue weighted by Crippen LogP contribution is 2.15. The van der Waals surface area contributed by atoms with E-state index >= 15 is 0 Å². The van der Waals surface area contributed by atoms with Gasteiger partial charge in [0.25, 0.3) is 0 Å². The van der Waals surface area contributed by atoms with E-state index in [0.717, 1.165) is 24.3 Å². The molecule has 1 aromatic rings. The maximum absolute atomic E-state index is 11.4. The second kappa shape index (κ2) is 7.14. The van der Waals surface area contributed by atoms with Crippen LogP contribution in [0.15, 0.2) is 24.3 Å². The molecule has 19 heavy (non-hydrogen) atoms. The van der Waals surface area contributed by atoms with Gasteiger partial charge in [-0.25, -0.2) is 0 Å². The average molecular weight is 263 g/mol. The molecule has 0 bridgehead atoms. The minimum absolute atomic E-state index is 0.0297. The van der Waals surface area contributed by atoms with Crippen LogP contribution < -0.4 is 16.0 Å². The number of hydrogen-bond donors (Lipinski definition) is 3. The van der Waals surface area contributed by atoms with Crippen molar-refractivity contribution in [3.05, 3.63) is 29.8 Å². The summed E-state index contributed by atoms with van der Waals surface area (Å²) in [6.07, 6.45) is 0.409. The maximum Gasteiger partial charge on any atom is 0.224 e. The van der Waals surface area contributed by atoms with E-state index in [1.165, 1.54) is 0 Å². The Kier molecular flexibility index (Phi) is 5.83. The van der Waals surface area contributed by atoms with E-state index in [4.69, 9.17) is 0 Å². The maximum atomic E-state index is 11.4. The number of amides is 1. The molecule has 0 heterocycles. The second-order valence-electron chi connectivity index (χ2n) is 5.61. The second-order valence-corrected chi connectivity index (χ2v) is 5.61. The fraction of sp³-hybridized carbons (Fsp3) is 0.533. The molecule has 0 aliphatic heterocycles. The summed E-state index contributed by atoms with van der Waals surface area (Å²) in [7, 11) is 1.66. The molecule has 1 amide bonds. The molecule has 0 aromatic heterocycles. The molecular weight excluding hydrogens is 238 g/mol. The van der Waals surface area contributed by atoms with Crippen LogP contribution in [0.5, 0.6) is 0 Å². The Hall–Kier alpha value is -1.55. The van der Waals surface area contributed by atoms with E-state index in [1.54, 1.807) is 7.05 Å². The Morgan fingerprint density at radius 3 is 2.47 bits per heavy atom. The first-order valence-corrected chi connectivity index (χ1v) is 6.70. The average Bonchev–Trinajstić information content (AvgIpc) is 2.35. The number of anilines is 1. The van der Waals surface area contributed by atoms with Crippen LogP contribution in [0.25, 0.3) is 0 Å². The lowest BCUT2D eigenvalue weighted by molar-refractivity contribution is -0.119. The van der Waals surface area contributed by atoms with E-state index in [2.05, 4.69) is 36.7 Å². The molecule has 0 radical (unpaired) electrons. The zero-order chi connectivity index (χ0) is 14.3. The summed E-state index contributed by atoms with van der Waals surface area (Å²) in [4.78, 5) is 11.4. The Balaban J connectivity index is 2.51. The number of hydrogen-bond acceptors (Lipinski definition) is 3. The van der Waals surface area contributed by atoms with Crippen molar-refractivity contribution < 1.29 is 4.79 Å². The molecule has 0 aliphatic rings. The molecule has 1 rings (SSSR count). The molecule has 0 unspecified atom stereocenters. The zero-order valence-electron chi connectivity index (χ0n) is 12.3. The minimum Gasteiger partial charge on any atom is -0.384 e. The topological polar surface area (TPSA) is 53.2 Å². The number of carbonyl (C=O) groups is 1. The largest absolute Gasteiger partial charge is 0.384 e. The summed E-state index contributed by atoms with van der Waals surface area (Å²) >= 11 is 0. The lowest BCUT2D eigenvalue weighted by atomic mass is 10.1. The van der Waals surface area contributed by atoms with E-state index < -0.39 is 0 Å². The van der Waals surface area contributed by atoms with Gasteiger partial charge in [0.1, 0.15) is 0 Å². The molecule has 0 saturated carbocycles. The van der Waals surface area contributed by atoms with Gasteiger partial charge in [0, 0.05) is 31.4 Å². The highest BCUT2D eigenvalue weighted by atomic mass is 16.1. The molecule has 1 aromatic carbocycles. The molecule has 0 saturated heterocycles. The van der Waals surface area contributed by atoms with E-state index in [0.29, 0.717) is 6.42 Å². The van der Waals surface area contributed by atoms with E-state index in [-0.39, 0.29) is 11.4 Å². The first-order chi connectivity index (χ1) is 8.92. The molecule has 0 aliphatic carbocycles. The predicted octanol–water partition coefficient (Wildman–Crippen LogP) is 1.78. The third-order valence-electron chi connectivity index (χ3n) is 2.74. The lowest BCUT2D eigenvalue weighted by Gasteiger charge is -2.21. The van der Waals surface area contributed by atoms with Crippen LogP contribution in [0, 0.1) is 0 Å². The molecule has 0 fully saturated rings. The van der Waals surface area contributed by atoms with Gasteiger partial charge < -0.3 is 16.0 Å². The summed E-state index contributed by atoms with van der Waals surface area (Å²) < 4.78 is 0.